The molecule has 6 rings (SSSR count). The minimum Gasteiger partial charge on any atom is -0.476 e. The molecule has 0 aliphatic carbocycles. The molecule has 6 nitrogen and oxygen atoms in total. The molecule has 45 heavy (non-hydrogen) atoms. The van der Waals surface area contributed by atoms with Gasteiger partial charge in [-0.05, 0) is 65.1 Å². The molecular formula is C39H36N4O2. The van der Waals surface area contributed by atoms with Crippen LogP contribution < -0.4 is 4.74 Å². The third-order valence-electron chi connectivity index (χ3n) is 7.84. The number of aromatic nitrogens is 4. The summed E-state index contributed by atoms with van der Waals surface area (Å²) in [6.45, 7) is 2.79. The van der Waals surface area contributed by atoms with Crippen LogP contribution in [-0.4, -0.2) is 32.8 Å². The number of carbonyl (C=O) groups excluding carboxylic acids is 1. The molecule has 0 amide bonds. The van der Waals surface area contributed by atoms with E-state index in [1.54, 1.807) is 6.08 Å². The first-order valence-corrected chi connectivity index (χ1v) is 15.7. The van der Waals surface area contributed by atoms with Gasteiger partial charge in [0.05, 0.1) is 34.4 Å². The molecule has 0 aliphatic heterocycles. The number of para-hydroxylation sites is 2. The maximum Gasteiger partial charge on any atom is 0.240 e. The predicted molar refractivity (Wildman–Crippen MR) is 183 cm³/mol. The lowest BCUT2D eigenvalue weighted by molar-refractivity contribution is 0.111. The minimum atomic E-state index is 0.258. The van der Waals surface area contributed by atoms with E-state index in [-0.39, 0.29) is 5.69 Å². The molecule has 0 bridgehead atoms. The van der Waals surface area contributed by atoms with Gasteiger partial charge in [-0.25, -0.2) is 19.9 Å². The Bertz CT molecular complexity index is 1940. The predicted octanol–water partition coefficient (Wildman–Crippen LogP) is 9.63. The zero-order chi connectivity index (χ0) is 30.8. The monoisotopic (exact) mass is 592 g/mol. The molecule has 0 aliphatic rings. The fourth-order valence-corrected chi connectivity index (χ4v) is 5.47. The number of carbonyl (C=O) groups is 1. The molecule has 2 heterocycles. The van der Waals surface area contributed by atoms with Crippen LogP contribution in [0, 0.1) is 0 Å². The van der Waals surface area contributed by atoms with Gasteiger partial charge >= 0.3 is 0 Å². The van der Waals surface area contributed by atoms with Crippen LogP contribution in [-0.2, 0) is 0 Å². The molecule has 0 saturated heterocycles. The second kappa shape index (κ2) is 14.5. The summed E-state index contributed by atoms with van der Waals surface area (Å²) in [7, 11) is 0. The van der Waals surface area contributed by atoms with Gasteiger partial charge in [-0.15, -0.1) is 0 Å². The molecule has 0 spiro atoms. The van der Waals surface area contributed by atoms with Crippen molar-refractivity contribution in [3.63, 3.8) is 0 Å². The Hall–Kier alpha value is -5.23. The van der Waals surface area contributed by atoms with E-state index in [9.17, 15) is 4.79 Å². The number of hydrogen-bond donors (Lipinski definition) is 0. The standard InChI is InChI=1S/C39H36N4O2/c1-2-3-4-5-6-15-24-45-39-35(40-32-20-13-14-21-33(32)43-39)23-22-34-38(27-44)42-37-26-31(29-18-11-8-12-19-29)30(25-36(37)41-34)28-16-9-7-10-17-28/h7-14,16-23,25-27H,2-6,15,24H2,1H3/b23-22+. The average molecular weight is 593 g/mol. The number of aldehydes is 1. The zero-order valence-corrected chi connectivity index (χ0v) is 25.5. The lowest BCUT2D eigenvalue weighted by Gasteiger charge is -2.13. The highest BCUT2D eigenvalue weighted by molar-refractivity contribution is 5.95. The summed E-state index contributed by atoms with van der Waals surface area (Å²) >= 11 is 0. The minimum absolute atomic E-state index is 0.258. The van der Waals surface area contributed by atoms with Gasteiger partial charge in [0.25, 0.3) is 0 Å². The van der Waals surface area contributed by atoms with E-state index in [1.807, 2.05) is 72.8 Å². The first kappa shape index (κ1) is 29.8. The van der Waals surface area contributed by atoms with Crippen molar-refractivity contribution in [2.45, 2.75) is 45.4 Å². The van der Waals surface area contributed by atoms with Crippen molar-refractivity contribution in [2.75, 3.05) is 6.61 Å². The van der Waals surface area contributed by atoms with Crippen LogP contribution in [0.15, 0.2) is 97.1 Å². The quantitative estimate of drug-likeness (QED) is 0.0981. The molecule has 0 atom stereocenters. The summed E-state index contributed by atoms with van der Waals surface area (Å²) in [5.41, 5.74) is 8.42. The highest BCUT2D eigenvalue weighted by atomic mass is 16.5. The molecule has 0 fully saturated rings. The van der Waals surface area contributed by atoms with Crippen LogP contribution >= 0.6 is 0 Å². The Balaban J connectivity index is 1.36. The third-order valence-corrected chi connectivity index (χ3v) is 7.84. The van der Waals surface area contributed by atoms with Crippen LogP contribution in [0.5, 0.6) is 5.88 Å². The van der Waals surface area contributed by atoms with E-state index in [2.05, 4.69) is 37.3 Å². The van der Waals surface area contributed by atoms with E-state index in [0.29, 0.717) is 34.9 Å². The number of rotatable bonds is 13. The van der Waals surface area contributed by atoms with Gasteiger partial charge in [-0.1, -0.05) is 112 Å². The lowest BCUT2D eigenvalue weighted by atomic mass is 9.93. The molecule has 0 saturated carbocycles. The van der Waals surface area contributed by atoms with Gasteiger partial charge in [0, 0.05) is 0 Å². The van der Waals surface area contributed by atoms with Crippen molar-refractivity contribution in [1.29, 1.82) is 0 Å². The summed E-state index contributed by atoms with van der Waals surface area (Å²) < 4.78 is 6.16. The molecule has 0 N–H and O–H groups in total. The van der Waals surface area contributed by atoms with Crippen molar-refractivity contribution in [3.05, 3.63) is 114 Å². The number of hydrogen-bond acceptors (Lipinski definition) is 6. The second-order valence-corrected chi connectivity index (χ2v) is 11.1. The first-order valence-electron chi connectivity index (χ1n) is 15.7. The van der Waals surface area contributed by atoms with Crippen molar-refractivity contribution in [2.24, 2.45) is 0 Å². The van der Waals surface area contributed by atoms with Crippen LogP contribution in [0.3, 0.4) is 0 Å². The Kier molecular flexibility index (Phi) is 9.61. The summed E-state index contributed by atoms with van der Waals surface area (Å²) in [6.07, 6.45) is 11.4. The van der Waals surface area contributed by atoms with Crippen LogP contribution in [0.4, 0.5) is 0 Å². The van der Waals surface area contributed by atoms with Crippen LogP contribution in [0.2, 0.25) is 0 Å². The van der Waals surface area contributed by atoms with Crippen LogP contribution in [0.25, 0.3) is 56.5 Å². The van der Waals surface area contributed by atoms with E-state index in [1.165, 1.54) is 25.7 Å². The molecule has 6 aromatic rings. The maximum absolute atomic E-state index is 12.2. The van der Waals surface area contributed by atoms with E-state index in [0.717, 1.165) is 52.4 Å². The fourth-order valence-electron chi connectivity index (χ4n) is 5.47. The van der Waals surface area contributed by atoms with Gasteiger partial charge in [-0.3, -0.25) is 4.79 Å². The normalized spacial score (nSPS) is 11.4. The number of benzene rings is 4. The number of fused-ring (bicyclic) bond motifs is 2. The SMILES string of the molecule is CCCCCCCCOc1nc2ccccc2nc1/C=C/c1nc2cc(-c3ccccc3)c(-c3ccccc3)cc2nc1C=O. The molecule has 0 unspecified atom stereocenters. The molecule has 2 aromatic heterocycles. The number of nitrogens with zero attached hydrogens (tertiary/aromatic N) is 4. The molecular weight excluding hydrogens is 556 g/mol. The van der Waals surface area contributed by atoms with Crippen LogP contribution in [0.1, 0.15) is 67.3 Å². The molecule has 6 heteroatoms. The van der Waals surface area contributed by atoms with Crippen molar-refractivity contribution >= 4 is 40.5 Å². The van der Waals surface area contributed by atoms with Gasteiger partial charge in [0.15, 0.2) is 6.29 Å². The van der Waals surface area contributed by atoms with E-state index >= 15 is 0 Å². The third kappa shape index (κ3) is 7.13. The summed E-state index contributed by atoms with van der Waals surface area (Å²) in [6, 6.07) is 32.3. The van der Waals surface area contributed by atoms with E-state index < -0.39 is 0 Å². The number of ether oxygens (including phenoxy) is 1. The van der Waals surface area contributed by atoms with Crippen molar-refractivity contribution in [1.82, 2.24) is 19.9 Å². The Morgan fingerprint density at radius 2 is 1.07 bits per heavy atom. The highest BCUT2D eigenvalue weighted by Gasteiger charge is 2.14. The Labute approximate surface area is 263 Å². The Morgan fingerprint density at radius 3 is 1.69 bits per heavy atom. The topological polar surface area (TPSA) is 77.9 Å². The van der Waals surface area contributed by atoms with Gasteiger partial charge in [0.2, 0.25) is 5.88 Å². The van der Waals surface area contributed by atoms with Crippen molar-refractivity contribution in [3.8, 4) is 28.1 Å². The average Bonchev–Trinajstić information content (AvgIpc) is 3.10. The Morgan fingerprint density at radius 1 is 0.556 bits per heavy atom. The summed E-state index contributed by atoms with van der Waals surface area (Å²) in [4.78, 5) is 31.5. The second-order valence-electron chi connectivity index (χ2n) is 11.1. The molecule has 224 valence electrons. The van der Waals surface area contributed by atoms with Crippen molar-refractivity contribution < 1.29 is 9.53 Å². The lowest BCUT2D eigenvalue weighted by Crippen LogP contribution is -2.03. The summed E-state index contributed by atoms with van der Waals surface area (Å²) in [5, 5.41) is 0. The van der Waals surface area contributed by atoms with Gasteiger partial charge in [0.1, 0.15) is 11.4 Å². The first-order chi connectivity index (χ1) is 22.2. The highest BCUT2D eigenvalue weighted by Crippen LogP contribution is 2.35. The fraction of sp³-hybridized carbons (Fsp3) is 0.205. The largest absolute Gasteiger partial charge is 0.476 e. The van der Waals surface area contributed by atoms with Gasteiger partial charge < -0.3 is 4.74 Å². The smallest absolute Gasteiger partial charge is 0.240 e. The van der Waals surface area contributed by atoms with Gasteiger partial charge in [-0.2, -0.15) is 0 Å². The molecule has 4 aromatic carbocycles. The molecule has 0 radical (unpaired) electrons. The zero-order valence-electron chi connectivity index (χ0n) is 25.5. The number of unbranched alkanes of at least 4 members (excludes halogenated alkanes) is 5. The van der Waals surface area contributed by atoms with E-state index in [4.69, 9.17) is 24.7 Å². The summed E-state index contributed by atoms with van der Waals surface area (Å²) in [5.74, 6) is 0.471. The maximum atomic E-state index is 12.2.